The van der Waals surface area contributed by atoms with Gasteiger partial charge in [0.1, 0.15) is 0 Å². The first-order valence-electron chi connectivity index (χ1n) is 5.47. The summed E-state index contributed by atoms with van der Waals surface area (Å²) in [6.45, 7) is 3.50. The van der Waals surface area contributed by atoms with Gasteiger partial charge in [-0.2, -0.15) is 0 Å². The smallest absolute Gasteiger partial charge is 0.223 e. The van der Waals surface area contributed by atoms with E-state index >= 15 is 0 Å². The molecule has 1 aliphatic rings. The fourth-order valence-electron chi connectivity index (χ4n) is 1.64. The number of rotatable bonds is 4. The van der Waals surface area contributed by atoms with Crippen LogP contribution in [0, 0.1) is 0 Å². The zero-order chi connectivity index (χ0) is 11.2. The molecule has 0 atom stereocenters. The fraction of sp³-hybridized carbons (Fsp3) is 0.600. The Morgan fingerprint density at radius 3 is 3.00 bits per heavy atom. The quantitative estimate of drug-likeness (QED) is 0.744. The topological polar surface area (TPSA) is 61.0 Å². The Labute approximate surface area is 99.0 Å². The summed E-state index contributed by atoms with van der Waals surface area (Å²) in [7, 11) is 0. The molecule has 1 aromatic heterocycles. The highest BCUT2D eigenvalue weighted by Gasteiger charge is 2.15. The summed E-state index contributed by atoms with van der Waals surface area (Å²) >= 11 is 1.59. The fourth-order valence-corrected chi connectivity index (χ4v) is 2.39. The zero-order valence-corrected chi connectivity index (χ0v) is 9.92. The lowest BCUT2D eigenvalue weighted by atomic mass is 10.3. The molecule has 0 aromatic carbocycles. The number of carbonyl (C=O) groups is 1. The molecule has 1 aromatic rings. The van der Waals surface area contributed by atoms with Gasteiger partial charge in [-0.25, -0.2) is 4.98 Å². The van der Waals surface area contributed by atoms with Gasteiger partial charge in [-0.05, 0) is 0 Å². The highest BCUT2D eigenvalue weighted by Crippen LogP contribution is 2.13. The number of imidazole rings is 1. The Morgan fingerprint density at radius 1 is 1.50 bits per heavy atom. The van der Waals surface area contributed by atoms with E-state index in [4.69, 9.17) is 0 Å². The van der Waals surface area contributed by atoms with Crippen LogP contribution >= 0.6 is 11.8 Å². The van der Waals surface area contributed by atoms with E-state index in [-0.39, 0.29) is 5.91 Å². The second kappa shape index (κ2) is 5.91. The SMILES string of the molecule is O=C(CCSc1ncc[nH]1)N1CCNCC1. The Bertz CT molecular complexity index is 322. The van der Waals surface area contributed by atoms with Crippen LogP contribution in [0.3, 0.4) is 0 Å². The predicted molar refractivity (Wildman–Crippen MR) is 63.4 cm³/mol. The summed E-state index contributed by atoms with van der Waals surface area (Å²) in [5, 5.41) is 4.12. The largest absolute Gasteiger partial charge is 0.340 e. The minimum Gasteiger partial charge on any atom is -0.340 e. The van der Waals surface area contributed by atoms with Gasteiger partial charge in [0.15, 0.2) is 5.16 Å². The average molecular weight is 240 g/mol. The van der Waals surface area contributed by atoms with Crippen molar-refractivity contribution in [2.75, 3.05) is 31.9 Å². The molecule has 88 valence electrons. The van der Waals surface area contributed by atoms with Crippen molar-refractivity contribution in [1.82, 2.24) is 20.2 Å². The number of nitrogens with zero attached hydrogens (tertiary/aromatic N) is 2. The van der Waals surface area contributed by atoms with Crippen LogP contribution in [-0.4, -0.2) is 52.7 Å². The van der Waals surface area contributed by atoms with Crippen LogP contribution in [0.4, 0.5) is 0 Å². The lowest BCUT2D eigenvalue weighted by molar-refractivity contribution is -0.131. The molecule has 0 aliphatic carbocycles. The van der Waals surface area contributed by atoms with Crippen LogP contribution in [0.2, 0.25) is 0 Å². The van der Waals surface area contributed by atoms with E-state index in [2.05, 4.69) is 15.3 Å². The number of aromatic amines is 1. The number of hydrogen-bond donors (Lipinski definition) is 2. The van der Waals surface area contributed by atoms with Gasteiger partial charge in [-0.1, -0.05) is 11.8 Å². The Morgan fingerprint density at radius 2 is 2.31 bits per heavy atom. The van der Waals surface area contributed by atoms with Crippen molar-refractivity contribution in [2.45, 2.75) is 11.6 Å². The molecule has 2 rings (SSSR count). The van der Waals surface area contributed by atoms with E-state index in [9.17, 15) is 4.79 Å². The molecule has 2 heterocycles. The van der Waals surface area contributed by atoms with E-state index in [1.54, 1.807) is 24.2 Å². The molecule has 16 heavy (non-hydrogen) atoms. The van der Waals surface area contributed by atoms with Crippen LogP contribution in [-0.2, 0) is 4.79 Å². The summed E-state index contributed by atoms with van der Waals surface area (Å²) in [6.07, 6.45) is 4.10. The third-order valence-electron chi connectivity index (χ3n) is 2.50. The molecule has 1 amide bonds. The molecule has 1 saturated heterocycles. The first kappa shape index (κ1) is 11.5. The van der Waals surface area contributed by atoms with Crippen molar-refractivity contribution < 1.29 is 4.79 Å². The standard InChI is InChI=1S/C10H16N4OS/c15-9(14-6-4-11-5-7-14)1-8-16-10-12-2-3-13-10/h2-3,11H,1,4-8H2,(H,12,13). The number of aromatic nitrogens is 2. The summed E-state index contributed by atoms with van der Waals surface area (Å²) in [5.41, 5.74) is 0. The molecular weight excluding hydrogens is 224 g/mol. The number of carbonyl (C=O) groups excluding carboxylic acids is 1. The van der Waals surface area contributed by atoms with Gasteiger partial charge < -0.3 is 15.2 Å². The molecule has 0 spiro atoms. The number of amides is 1. The van der Waals surface area contributed by atoms with Gasteiger partial charge in [-0.3, -0.25) is 4.79 Å². The normalized spacial score (nSPS) is 16.4. The Hall–Kier alpha value is -1.01. The van der Waals surface area contributed by atoms with Crippen molar-refractivity contribution >= 4 is 17.7 Å². The third kappa shape index (κ3) is 3.24. The molecule has 2 N–H and O–H groups in total. The zero-order valence-electron chi connectivity index (χ0n) is 9.11. The summed E-state index contributed by atoms with van der Waals surface area (Å²) < 4.78 is 0. The number of piperazine rings is 1. The molecule has 1 fully saturated rings. The maximum atomic E-state index is 11.8. The van der Waals surface area contributed by atoms with Gasteiger partial charge in [0.25, 0.3) is 0 Å². The average Bonchev–Trinajstić information content (AvgIpc) is 2.83. The number of hydrogen-bond acceptors (Lipinski definition) is 4. The minimum atomic E-state index is 0.251. The summed E-state index contributed by atoms with van der Waals surface area (Å²) in [4.78, 5) is 20.8. The number of H-pyrrole nitrogens is 1. The molecule has 0 saturated carbocycles. The van der Waals surface area contributed by atoms with Crippen molar-refractivity contribution in [3.8, 4) is 0 Å². The number of nitrogens with one attached hydrogen (secondary N) is 2. The van der Waals surface area contributed by atoms with E-state index < -0.39 is 0 Å². The lowest BCUT2D eigenvalue weighted by Gasteiger charge is -2.27. The van der Waals surface area contributed by atoms with Crippen molar-refractivity contribution in [3.05, 3.63) is 12.4 Å². The lowest BCUT2D eigenvalue weighted by Crippen LogP contribution is -2.46. The maximum Gasteiger partial charge on any atom is 0.223 e. The first-order valence-corrected chi connectivity index (χ1v) is 6.45. The summed E-state index contributed by atoms with van der Waals surface area (Å²) in [6, 6.07) is 0. The van der Waals surface area contributed by atoms with Crippen LogP contribution in [0.15, 0.2) is 17.6 Å². The monoisotopic (exact) mass is 240 g/mol. The first-order chi connectivity index (χ1) is 7.86. The molecular formula is C10H16N4OS. The Balaban J connectivity index is 1.67. The van der Waals surface area contributed by atoms with Gasteiger partial charge >= 0.3 is 0 Å². The molecule has 0 unspecified atom stereocenters. The highest BCUT2D eigenvalue weighted by molar-refractivity contribution is 7.99. The molecule has 1 aliphatic heterocycles. The second-order valence-corrected chi connectivity index (χ2v) is 4.71. The van der Waals surface area contributed by atoms with E-state index in [0.29, 0.717) is 6.42 Å². The Kier molecular flexibility index (Phi) is 4.24. The van der Waals surface area contributed by atoms with Crippen LogP contribution in [0.25, 0.3) is 0 Å². The van der Waals surface area contributed by atoms with Gasteiger partial charge in [0.2, 0.25) is 5.91 Å². The van der Waals surface area contributed by atoms with Crippen LogP contribution < -0.4 is 5.32 Å². The maximum absolute atomic E-state index is 11.8. The summed E-state index contributed by atoms with van der Waals surface area (Å²) in [5.74, 6) is 1.04. The van der Waals surface area contributed by atoms with Crippen LogP contribution in [0.5, 0.6) is 0 Å². The molecule has 5 nitrogen and oxygen atoms in total. The predicted octanol–water partition coefficient (Wildman–Crippen LogP) is 0.324. The van der Waals surface area contributed by atoms with Crippen LogP contribution in [0.1, 0.15) is 6.42 Å². The van der Waals surface area contributed by atoms with Crippen molar-refractivity contribution in [3.63, 3.8) is 0 Å². The van der Waals surface area contributed by atoms with Crippen molar-refractivity contribution in [1.29, 1.82) is 0 Å². The van der Waals surface area contributed by atoms with Crippen molar-refractivity contribution in [2.24, 2.45) is 0 Å². The third-order valence-corrected chi connectivity index (χ3v) is 3.40. The van der Waals surface area contributed by atoms with Gasteiger partial charge in [-0.15, -0.1) is 0 Å². The van der Waals surface area contributed by atoms with Gasteiger partial charge in [0.05, 0.1) is 0 Å². The van der Waals surface area contributed by atoms with Gasteiger partial charge in [0, 0.05) is 50.7 Å². The van der Waals surface area contributed by atoms with E-state index in [1.165, 1.54) is 0 Å². The van der Waals surface area contributed by atoms with E-state index in [1.807, 2.05) is 4.90 Å². The molecule has 0 radical (unpaired) electrons. The molecule has 0 bridgehead atoms. The minimum absolute atomic E-state index is 0.251. The second-order valence-electron chi connectivity index (χ2n) is 3.62. The highest BCUT2D eigenvalue weighted by atomic mass is 32.2. The van der Waals surface area contributed by atoms with E-state index in [0.717, 1.165) is 37.1 Å². The number of thioether (sulfide) groups is 1. The molecule has 6 heteroatoms.